The van der Waals surface area contributed by atoms with Gasteiger partial charge in [-0.1, -0.05) is 18.9 Å². The topological polar surface area (TPSA) is 93.5 Å². The number of nitrogens with zero attached hydrogens (tertiary/aromatic N) is 3. The standard InChI is InChI=1S/C19H22N4O4S2/c1-12(2)27-17-9-8-13(29(4,25)26)10-16(17)23(28)19(24)21-14-6-5-7-15-18(14)20-11-22(15)3/h5-12,28H,1-4H3,(H,21,24). The molecule has 1 N–H and O–H groups in total. The lowest BCUT2D eigenvalue weighted by atomic mass is 10.2. The minimum absolute atomic E-state index is 0.0577. The van der Waals surface area contributed by atoms with E-state index in [1.165, 1.54) is 18.2 Å². The zero-order valence-electron chi connectivity index (χ0n) is 16.4. The zero-order valence-corrected chi connectivity index (χ0v) is 18.2. The van der Waals surface area contributed by atoms with Crippen LogP contribution in [0.1, 0.15) is 13.8 Å². The summed E-state index contributed by atoms with van der Waals surface area (Å²) in [7, 11) is -1.62. The van der Waals surface area contributed by atoms with Gasteiger partial charge in [-0.15, -0.1) is 0 Å². The number of anilines is 2. The van der Waals surface area contributed by atoms with Crippen molar-refractivity contribution in [3.63, 3.8) is 0 Å². The second-order valence-corrected chi connectivity index (χ2v) is 9.25. The molecule has 0 aliphatic heterocycles. The molecule has 0 aliphatic rings. The SMILES string of the molecule is CC(C)Oc1ccc(S(C)(=O)=O)cc1N(S)C(=O)Nc1cccc2c1ncn2C. The van der Waals surface area contributed by atoms with E-state index in [9.17, 15) is 13.2 Å². The number of thiol groups is 1. The second-order valence-electron chi connectivity index (χ2n) is 6.84. The normalized spacial score (nSPS) is 11.7. The van der Waals surface area contributed by atoms with Crippen LogP contribution < -0.4 is 14.4 Å². The third kappa shape index (κ3) is 4.48. The fraction of sp³-hybridized carbons (Fsp3) is 0.263. The number of amides is 2. The molecule has 0 saturated heterocycles. The summed E-state index contributed by atoms with van der Waals surface area (Å²) >= 11 is 4.30. The highest BCUT2D eigenvalue weighted by Gasteiger charge is 2.21. The van der Waals surface area contributed by atoms with Gasteiger partial charge < -0.3 is 14.6 Å². The van der Waals surface area contributed by atoms with Gasteiger partial charge in [-0.05, 0) is 44.2 Å². The van der Waals surface area contributed by atoms with E-state index in [1.807, 2.05) is 31.5 Å². The molecule has 0 bridgehead atoms. The van der Waals surface area contributed by atoms with Crippen LogP contribution in [0.15, 0.2) is 47.6 Å². The summed E-state index contributed by atoms with van der Waals surface area (Å²) in [5, 5.41) is 2.77. The number of carbonyl (C=O) groups is 1. The van der Waals surface area contributed by atoms with Crippen molar-refractivity contribution in [3.8, 4) is 5.75 Å². The van der Waals surface area contributed by atoms with Crippen LogP contribution in [0.2, 0.25) is 0 Å². The first-order valence-electron chi connectivity index (χ1n) is 8.78. The second kappa shape index (κ2) is 7.96. The lowest BCUT2D eigenvalue weighted by molar-refractivity contribution is 0.242. The number of imidazole rings is 1. The molecule has 0 saturated carbocycles. The molecule has 154 valence electrons. The fourth-order valence-corrected chi connectivity index (χ4v) is 3.63. The number of urea groups is 1. The van der Waals surface area contributed by atoms with Crippen LogP contribution in [0.5, 0.6) is 5.75 Å². The molecule has 2 aromatic carbocycles. The van der Waals surface area contributed by atoms with Crippen molar-refractivity contribution in [2.24, 2.45) is 7.05 Å². The molecule has 0 atom stereocenters. The van der Waals surface area contributed by atoms with Gasteiger partial charge in [0, 0.05) is 13.3 Å². The van der Waals surface area contributed by atoms with Gasteiger partial charge in [0.05, 0.1) is 28.5 Å². The first-order chi connectivity index (χ1) is 13.6. The van der Waals surface area contributed by atoms with Crippen LogP contribution in [0, 0.1) is 0 Å². The Kier molecular flexibility index (Phi) is 5.76. The molecule has 10 heteroatoms. The van der Waals surface area contributed by atoms with Crippen molar-refractivity contribution in [1.82, 2.24) is 9.55 Å². The molecule has 3 rings (SSSR count). The molecule has 1 aromatic heterocycles. The first kappa shape index (κ1) is 21.0. The third-order valence-electron chi connectivity index (χ3n) is 4.14. The fourth-order valence-electron chi connectivity index (χ4n) is 2.78. The van der Waals surface area contributed by atoms with Gasteiger partial charge >= 0.3 is 6.03 Å². The van der Waals surface area contributed by atoms with E-state index < -0.39 is 15.9 Å². The van der Waals surface area contributed by atoms with Gasteiger partial charge in [0.25, 0.3) is 0 Å². The van der Waals surface area contributed by atoms with E-state index in [0.29, 0.717) is 17.0 Å². The summed E-state index contributed by atoms with van der Waals surface area (Å²) < 4.78 is 32.5. The molecule has 3 aromatic rings. The summed E-state index contributed by atoms with van der Waals surface area (Å²) in [6.07, 6.45) is 2.58. The Morgan fingerprint density at radius 1 is 1.28 bits per heavy atom. The minimum Gasteiger partial charge on any atom is -0.489 e. The lowest BCUT2D eigenvalue weighted by Crippen LogP contribution is -2.27. The Morgan fingerprint density at radius 2 is 2.00 bits per heavy atom. The smallest absolute Gasteiger partial charge is 0.336 e. The highest BCUT2D eigenvalue weighted by atomic mass is 32.2. The molecule has 29 heavy (non-hydrogen) atoms. The molecule has 0 unspecified atom stereocenters. The number of para-hydroxylation sites is 1. The highest BCUT2D eigenvalue weighted by Crippen LogP contribution is 2.34. The average Bonchev–Trinajstić information content (AvgIpc) is 3.02. The maximum Gasteiger partial charge on any atom is 0.336 e. The summed E-state index contributed by atoms with van der Waals surface area (Å²) in [5.74, 6) is 0.341. The van der Waals surface area contributed by atoms with E-state index in [2.05, 4.69) is 23.1 Å². The van der Waals surface area contributed by atoms with Crippen LogP contribution in [-0.2, 0) is 16.9 Å². The number of aromatic nitrogens is 2. The van der Waals surface area contributed by atoms with E-state index in [-0.39, 0.29) is 16.7 Å². The molecule has 0 spiro atoms. The maximum absolute atomic E-state index is 12.9. The zero-order chi connectivity index (χ0) is 21.3. The molecule has 0 radical (unpaired) electrons. The maximum atomic E-state index is 12.9. The van der Waals surface area contributed by atoms with Crippen molar-refractivity contribution in [1.29, 1.82) is 0 Å². The van der Waals surface area contributed by atoms with Crippen molar-refractivity contribution >= 4 is 51.1 Å². The van der Waals surface area contributed by atoms with Gasteiger partial charge in [0.2, 0.25) is 0 Å². The molecule has 2 amide bonds. The number of benzene rings is 2. The van der Waals surface area contributed by atoms with Crippen LogP contribution in [0.25, 0.3) is 11.0 Å². The molecular formula is C19H22N4O4S2. The molecule has 0 fully saturated rings. The number of sulfone groups is 1. The van der Waals surface area contributed by atoms with E-state index in [4.69, 9.17) is 4.74 Å². The molecular weight excluding hydrogens is 412 g/mol. The Bertz CT molecular complexity index is 1170. The van der Waals surface area contributed by atoms with E-state index >= 15 is 0 Å². The first-order valence-corrected chi connectivity index (χ1v) is 11.1. The summed E-state index contributed by atoms with van der Waals surface area (Å²) in [6, 6.07) is 9.16. The average molecular weight is 435 g/mol. The van der Waals surface area contributed by atoms with Crippen molar-refractivity contribution in [3.05, 3.63) is 42.7 Å². The summed E-state index contributed by atoms with van der Waals surface area (Å²) in [5.41, 5.74) is 2.22. The minimum atomic E-state index is -3.48. The predicted molar refractivity (Wildman–Crippen MR) is 117 cm³/mol. The highest BCUT2D eigenvalue weighted by molar-refractivity contribution is 7.90. The monoisotopic (exact) mass is 434 g/mol. The summed E-state index contributed by atoms with van der Waals surface area (Å²) in [6.45, 7) is 3.66. The number of fused-ring (bicyclic) bond motifs is 1. The van der Waals surface area contributed by atoms with Crippen molar-refractivity contribution in [2.45, 2.75) is 24.8 Å². The van der Waals surface area contributed by atoms with Gasteiger partial charge in [-0.2, -0.15) is 0 Å². The number of hydrogen-bond acceptors (Lipinski definition) is 6. The lowest BCUT2D eigenvalue weighted by Gasteiger charge is -2.22. The summed E-state index contributed by atoms with van der Waals surface area (Å²) in [4.78, 5) is 17.2. The van der Waals surface area contributed by atoms with Gasteiger partial charge in [-0.3, -0.25) is 0 Å². The molecule has 8 nitrogen and oxygen atoms in total. The van der Waals surface area contributed by atoms with Crippen molar-refractivity contribution < 1.29 is 17.9 Å². The molecule has 0 aliphatic carbocycles. The number of aryl methyl sites for hydroxylation is 1. The Balaban J connectivity index is 1.97. The number of rotatable bonds is 5. The third-order valence-corrected chi connectivity index (χ3v) is 5.65. The number of hydrogen-bond donors (Lipinski definition) is 2. The van der Waals surface area contributed by atoms with Crippen molar-refractivity contribution in [2.75, 3.05) is 15.9 Å². The van der Waals surface area contributed by atoms with Crippen LogP contribution in [0.3, 0.4) is 0 Å². The Morgan fingerprint density at radius 3 is 2.66 bits per heavy atom. The Labute approximate surface area is 174 Å². The number of ether oxygens (including phenoxy) is 1. The van der Waals surface area contributed by atoms with Gasteiger partial charge in [0.1, 0.15) is 17.0 Å². The number of nitrogens with one attached hydrogen (secondary N) is 1. The van der Waals surface area contributed by atoms with Crippen LogP contribution in [0.4, 0.5) is 16.2 Å². The molecule has 1 heterocycles. The van der Waals surface area contributed by atoms with E-state index in [1.54, 1.807) is 18.5 Å². The van der Waals surface area contributed by atoms with Crippen LogP contribution >= 0.6 is 12.8 Å². The predicted octanol–water partition coefficient (Wildman–Crippen LogP) is 3.65. The largest absolute Gasteiger partial charge is 0.489 e. The van der Waals surface area contributed by atoms with E-state index in [0.717, 1.165) is 16.1 Å². The van der Waals surface area contributed by atoms with Crippen LogP contribution in [-0.4, -0.2) is 36.4 Å². The van der Waals surface area contributed by atoms with Gasteiger partial charge in [-0.25, -0.2) is 22.5 Å². The Hall–Kier alpha value is -2.72. The number of carbonyl (C=O) groups excluding carboxylic acids is 1. The quantitative estimate of drug-likeness (QED) is 0.598. The van der Waals surface area contributed by atoms with Gasteiger partial charge in [0.15, 0.2) is 9.84 Å².